The molecule has 1 fully saturated rings. The predicted molar refractivity (Wildman–Crippen MR) is 80.0 cm³/mol. The summed E-state index contributed by atoms with van der Waals surface area (Å²) in [5, 5.41) is 2.85. The zero-order valence-electron chi connectivity index (χ0n) is 13.0. The van der Waals surface area contributed by atoms with Crippen molar-refractivity contribution in [1.82, 2.24) is 10.2 Å². The molecule has 1 saturated heterocycles. The number of hydrogen-bond donors (Lipinski definition) is 2. The fraction of sp³-hybridized carbons (Fsp3) is 0.667. The van der Waals surface area contributed by atoms with Crippen molar-refractivity contribution >= 4 is 6.09 Å². The third-order valence-corrected chi connectivity index (χ3v) is 4.05. The molecule has 0 bridgehead atoms. The van der Waals surface area contributed by atoms with E-state index in [0.29, 0.717) is 0 Å². The van der Waals surface area contributed by atoms with E-state index in [1.165, 1.54) is 7.11 Å². The summed E-state index contributed by atoms with van der Waals surface area (Å²) in [5.41, 5.74) is 6.30. The van der Waals surface area contributed by atoms with E-state index in [0.717, 1.165) is 37.5 Å². The molecule has 3 unspecified atom stereocenters. The molecule has 6 heteroatoms. The summed E-state index contributed by atoms with van der Waals surface area (Å²) < 4.78 is 10.4. The van der Waals surface area contributed by atoms with Crippen LogP contribution in [0.5, 0.6) is 0 Å². The van der Waals surface area contributed by atoms with Gasteiger partial charge in [0.05, 0.1) is 13.2 Å². The van der Waals surface area contributed by atoms with Crippen molar-refractivity contribution in [1.29, 1.82) is 0 Å². The second-order valence-corrected chi connectivity index (χ2v) is 5.58. The van der Waals surface area contributed by atoms with Crippen LogP contribution in [0.25, 0.3) is 0 Å². The lowest BCUT2D eigenvalue weighted by atomic mass is 10.0. The topological polar surface area (TPSA) is 80.7 Å². The highest BCUT2D eigenvalue weighted by molar-refractivity contribution is 5.67. The molecule has 3 atom stereocenters. The molecule has 1 aromatic heterocycles. The van der Waals surface area contributed by atoms with Gasteiger partial charge in [-0.15, -0.1) is 0 Å². The molecule has 0 aromatic carbocycles. The van der Waals surface area contributed by atoms with E-state index in [1.54, 1.807) is 0 Å². The average molecular weight is 295 g/mol. The van der Waals surface area contributed by atoms with E-state index in [9.17, 15) is 4.79 Å². The average Bonchev–Trinajstić information content (AvgIpc) is 3.09. The Balaban J connectivity index is 2.07. The summed E-state index contributed by atoms with van der Waals surface area (Å²) >= 11 is 0. The molecular formula is C15H25N3O3. The largest absolute Gasteiger partial charge is 0.465 e. The van der Waals surface area contributed by atoms with E-state index in [1.807, 2.05) is 19.1 Å². The maximum Gasteiger partial charge on any atom is 0.407 e. The predicted octanol–water partition coefficient (Wildman–Crippen LogP) is 1.80. The number of alkyl carbamates (subject to hydrolysis) is 1. The summed E-state index contributed by atoms with van der Waals surface area (Å²) in [6.45, 7) is 5.65. The van der Waals surface area contributed by atoms with Gasteiger partial charge in [-0.05, 0) is 31.9 Å². The number of aryl methyl sites for hydroxylation is 1. The summed E-state index contributed by atoms with van der Waals surface area (Å²) in [4.78, 5) is 13.6. The summed E-state index contributed by atoms with van der Waals surface area (Å²) in [6.07, 6.45) is 1.38. The third kappa shape index (κ3) is 3.77. The van der Waals surface area contributed by atoms with Crippen LogP contribution >= 0.6 is 0 Å². The molecule has 3 N–H and O–H groups in total. The van der Waals surface area contributed by atoms with Crippen molar-refractivity contribution in [2.75, 3.05) is 20.2 Å². The highest BCUT2D eigenvalue weighted by Crippen LogP contribution is 2.30. The minimum absolute atomic E-state index is 0.00688. The lowest BCUT2D eigenvalue weighted by Crippen LogP contribution is -2.42. The molecule has 1 amide bonds. The van der Waals surface area contributed by atoms with E-state index in [-0.39, 0.29) is 24.2 Å². The zero-order chi connectivity index (χ0) is 15.4. The number of carbonyl (C=O) groups is 1. The van der Waals surface area contributed by atoms with E-state index < -0.39 is 0 Å². The Morgan fingerprint density at radius 3 is 2.95 bits per heavy atom. The Labute approximate surface area is 125 Å². The number of nitrogens with two attached hydrogens (primary N) is 1. The Morgan fingerprint density at radius 2 is 2.38 bits per heavy atom. The monoisotopic (exact) mass is 295 g/mol. The van der Waals surface area contributed by atoms with Gasteiger partial charge in [-0.2, -0.15) is 0 Å². The van der Waals surface area contributed by atoms with Gasteiger partial charge >= 0.3 is 6.09 Å². The molecule has 0 spiro atoms. The number of hydrogen-bond acceptors (Lipinski definition) is 5. The molecule has 2 rings (SSSR count). The third-order valence-electron chi connectivity index (χ3n) is 4.05. The van der Waals surface area contributed by atoms with Crippen LogP contribution in [0.1, 0.15) is 37.3 Å². The van der Waals surface area contributed by atoms with Crippen LogP contribution in [0, 0.1) is 6.92 Å². The minimum atomic E-state index is -0.382. The van der Waals surface area contributed by atoms with Gasteiger partial charge in [0.15, 0.2) is 0 Å². The molecule has 0 saturated carbocycles. The van der Waals surface area contributed by atoms with Gasteiger partial charge in [0.1, 0.15) is 11.5 Å². The first-order chi connectivity index (χ1) is 10.0. The van der Waals surface area contributed by atoms with Crippen LogP contribution in [0.3, 0.4) is 0 Å². The minimum Gasteiger partial charge on any atom is -0.465 e. The summed E-state index contributed by atoms with van der Waals surface area (Å²) in [7, 11) is 1.38. The number of ether oxygens (including phenoxy) is 1. The van der Waals surface area contributed by atoms with E-state index in [2.05, 4.69) is 21.9 Å². The van der Waals surface area contributed by atoms with Crippen molar-refractivity contribution in [3.63, 3.8) is 0 Å². The van der Waals surface area contributed by atoms with Gasteiger partial charge in [0.2, 0.25) is 0 Å². The first-order valence-electron chi connectivity index (χ1n) is 7.45. The van der Waals surface area contributed by atoms with Gasteiger partial charge in [0.25, 0.3) is 0 Å². The van der Waals surface area contributed by atoms with Gasteiger partial charge in [-0.25, -0.2) is 4.79 Å². The summed E-state index contributed by atoms with van der Waals surface area (Å²) in [6, 6.07) is 4.11. The lowest BCUT2D eigenvalue weighted by Gasteiger charge is -2.30. The summed E-state index contributed by atoms with van der Waals surface area (Å²) in [5.74, 6) is 1.79. The molecule has 118 valence electrons. The van der Waals surface area contributed by atoms with Crippen LogP contribution in [0.4, 0.5) is 4.79 Å². The van der Waals surface area contributed by atoms with Crippen LogP contribution < -0.4 is 11.1 Å². The van der Waals surface area contributed by atoms with Crippen LogP contribution in [0.15, 0.2) is 16.5 Å². The number of amides is 1. The van der Waals surface area contributed by atoms with E-state index >= 15 is 0 Å². The molecule has 1 aromatic rings. The second kappa shape index (κ2) is 6.95. The normalized spacial score (nSPS) is 22.0. The molecule has 1 aliphatic heterocycles. The van der Waals surface area contributed by atoms with Crippen LogP contribution in [-0.2, 0) is 4.74 Å². The van der Waals surface area contributed by atoms with Crippen molar-refractivity contribution in [2.45, 2.75) is 44.8 Å². The molecule has 2 heterocycles. The van der Waals surface area contributed by atoms with Crippen molar-refractivity contribution in [3.8, 4) is 0 Å². The highest BCUT2D eigenvalue weighted by atomic mass is 16.5. The van der Waals surface area contributed by atoms with Gasteiger partial charge < -0.3 is 20.2 Å². The van der Waals surface area contributed by atoms with E-state index in [4.69, 9.17) is 10.2 Å². The Morgan fingerprint density at radius 1 is 1.62 bits per heavy atom. The molecule has 6 nitrogen and oxygen atoms in total. The molecule has 0 aliphatic carbocycles. The number of furan rings is 1. The van der Waals surface area contributed by atoms with Crippen LogP contribution in [0.2, 0.25) is 0 Å². The zero-order valence-corrected chi connectivity index (χ0v) is 13.0. The van der Waals surface area contributed by atoms with Gasteiger partial charge in [-0.1, -0.05) is 6.92 Å². The quantitative estimate of drug-likeness (QED) is 0.865. The molecular weight excluding hydrogens is 270 g/mol. The first kappa shape index (κ1) is 15.9. The van der Waals surface area contributed by atoms with Crippen molar-refractivity contribution in [3.05, 3.63) is 23.7 Å². The van der Waals surface area contributed by atoms with Gasteiger partial charge in [0, 0.05) is 25.2 Å². The Hall–Kier alpha value is -1.53. The maximum absolute atomic E-state index is 11.3. The number of methoxy groups -OCH3 is 1. The number of likely N-dealkylation sites (tertiary alicyclic amines) is 1. The second-order valence-electron chi connectivity index (χ2n) is 5.58. The fourth-order valence-corrected chi connectivity index (χ4v) is 2.88. The molecule has 21 heavy (non-hydrogen) atoms. The smallest absolute Gasteiger partial charge is 0.407 e. The highest BCUT2D eigenvalue weighted by Gasteiger charge is 2.34. The lowest BCUT2D eigenvalue weighted by molar-refractivity contribution is 0.160. The standard InChI is InChI=1S/C15H25N3O3/c1-4-12(16)14(13-6-5-10(2)21-13)18-8-7-11(9-18)17-15(19)20-3/h5-6,11-12,14H,4,7-9,16H2,1-3H3,(H,17,19). The SMILES string of the molecule is CCC(N)C(c1ccc(C)o1)N1CCC(NC(=O)OC)C1. The number of nitrogens with zero attached hydrogens (tertiary/aromatic N) is 1. The number of carbonyl (C=O) groups excluding carboxylic acids is 1. The van der Waals surface area contributed by atoms with Crippen molar-refractivity contribution in [2.24, 2.45) is 5.73 Å². The maximum atomic E-state index is 11.3. The Bertz CT molecular complexity index is 474. The van der Waals surface area contributed by atoms with Crippen LogP contribution in [-0.4, -0.2) is 43.3 Å². The van der Waals surface area contributed by atoms with Gasteiger partial charge in [-0.3, -0.25) is 4.90 Å². The number of nitrogens with one attached hydrogen (secondary N) is 1. The Kier molecular flexibility index (Phi) is 5.25. The number of rotatable bonds is 5. The van der Waals surface area contributed by atoms with Crippen molar-refractivity contribution < 1.29 is 13.9 Å². The molecule has 0 radical (unpaired) electrons. The first-order valence-corrected chi connectivity index (χ1v) is 7.45. The molecule has 1 aliphatic rings. The fourth-order valence-electron chi connectivity index (χ4n) is 2.88.